The number of sulfonamides is 1. The maximum absolute atomic E-state index is 11.9. The van der Waals surface area contributed by atoms with Crippen molar-refractivity contribution in [3.63, 3.8) is 0 Å². The van der Waals surface area contributed by atoms with Gasteiger partial charge in [0.1, 0.15) is 0 Å². The molecule has 1 heterocycles. The van der Waals surface area contributed by atoms with Gasteiger partial charge in [-0.25, -0.2) is 18.4 Å². The highest BCUT2D eigenvalue weighted by molar-refractivity contribution is 7.89. The molecule has 1 aromatic rings. The third-order valence-corrected chi connectivity index (χ3v) is 5.08. The summed E-state index contributed by atoms with van der Waals surface area (Å²) in [7, 11) is -3.63. The molecule has 0 saturated carbocycles. The van der Waals surface area contributed by atoms with Crippen LogP contribution in [0.4, 0.5) is 4.79 Å². The Morgan fingerprint density at radius 3 is 2.33 bits per heavy atom. The summed E-state index contributed by atoms with van der Waals surface area (Å²) in [5.41, 5.74) is 1.07. The molecule has 1 aliphatic rings. The molecule has 3 N–H and O–H groups in total. The summed E-state index contributed by atoms with van der Waals surface area (Å²) in [6.07, 6.45) is 1.78. The summed E-state index contributed by atoms with van der Waals surface area (Å²) >= 11 is 0. The fourth-order valence-corrected chi connectivity index (χ4v) is 3.17. The monoisotopic (exact) mass is 354 g/mol. The van der Waals surface area contributed by atoms with E-state index >= 15 is 0 Å². The lowest BCUT2D eigenvalue weighted by Gasteiger charge is -2.34. The van der Waals surface area contributed by atoms with Crippen LogP contribution in [0.2, 0.25) is 0 Å². The number of nitrogens with zero attached hydrogens (tertiary/aromatic N) is 2. The standard InChI is InChI=1S/C16H26N4O3S/c1-2-8-18-16(21)20-12-10-19(11-13-20)9-7-14-3-5-15(6-4-14)24(17,22)23/h3-6H,2,7-13H2,1H3,(H,18,21)(H2,17,22,23). The molecule has 1 aliphatic heterocycles. The molecule has 0 atom stereocenters. The van der Waals surface area contributed by atoms with Gasteiger partial charge in [-0.1, -0.05) is 19.1 Å². The lowest BCUT2D eigenvalue weighted by molar-refractivity contribution is 0.140. The quantitative estimate of drug-likeness (QED) is 0.782. The average Bonchev–Trinajstić information content (AvgIpc) is 2.58. The molecular weight excluding hydrogens is 328 g/mol. The molecule has 7 nitrogen and oxygen atoms in total. The summed E-state index contributed by atoms with van der Waals surface area (Å²) in [5.74, 6) is 0. The average molecular weight is 354 g/mol. The molecule has 1 fully saturated rings. The van der Waals surface area contributed by atoms with Crippen molar-refractivity contribution in [3.05, 3.63) is 29.8 Å². The number of primary sulfonamides is 1. The molecule has 2 rings (SSSR count). The maximum atomic E-state index is 11.9. The molecule has 134 valence electrons. The first-order valence-electron chi connectivity index (χ1n) is 8.27. The van der Waals surface area contributed by atoms with Gasteiger partial charge in [0.05, 0.1) is 4.90 Å². The topological polar surface area (TPSA) is 95.7 Å². The van der Waals surface area contributed by atoms with Crippen molar-refractivity contribution in [2.45, 2.75) is 24.7 Å². The van der Waals surface area contributed by atoms with Crippen LogP contribution < -0.4 is 10.5 Å². The second kappa shape index (κ2) is 8.46. The first-order chi connectivity index (χ1) is 11.4. The highest BCUT2D eigenvalue weighted by Crippen LogP contribution is 2.10. The largest absolute Gasteiger partial charge is 0.338 e. The lowest BCUT2D eigenvalue weighted by Crippen LogP contribution is -2.52. The first-order valence-corrected chi connectivity index (χ1v) is 9.81. The molecule has 2 amide bonds. The van der Waals surface area contributed by atoms with Gasteiger partial charge in [-0.3, -0.25) is 4.90 Å². The van der Waals surface area contributed by atoms with E-state index in [1.54, 1.807) is 24.3 Å². The van der Waals surface area contributed by atoms with Gasteiger partial charge in [-0.05, 0) is 30.5 Å². The van der Waals surface area contributed by atoms with E-state index in [1.807, 2.05) is 11.8 Å². The maximum Gasteiger partial charge on any atom is 0.317 e. The molecule has 0 bridgehead atoms. The fourth-order valence-electron chi connectivity index (χ4n) is 2.65. The third-order valence-electron chi connectivity index (χ3n) is 4.15. The minimum absolute atomic E-state index is 0.0232. The Hall–Kier alpha value is -1.64. The van der Waals surface area contributed by atoms with Crippen molar-refractivity contribution in [2.24, 2.45) is 5.14 Å². The van der Waals surface area contributed by atoms with Crippen LogP contribution in [0, 0.1) is 0 Å². The number of hydrogen-bond donors (Lipinski definition) is 2. The predicted molar refractivity (Wildman–Crippen MR) is 93.2 cm³/mol. The normalized spacial score (nSPS) is 16.2. The number of carbonyl (C=O) groups is 1. The van der Waals surface area contributed by atoms with E-state index in [0.29, 0.717) is 6.54 Å². The molecular formula is C16H26N4O3S. The van der Waals surface area contributed by atoms with Crippen LogP contribution in [-0.2, 0) is 16.4 Å². The summed E-state index contributed by atoms with van der Waals surface area (Å²) in [4.78, 5) is 16.2. The summed E-state index contributed by atoms with van der Waals surface area (Å²) in [6, 6.07) is 6.71. The van der Waals surface area contributed by atoms with Crippen LogP contribution in [0.1, 0.15) is 18.9 Å². The molecule has 0 spiro atoms. The van der Waals surface area contributed by atoms with Gasteiger partial charge in [0, 0.05) is 39.3 Å². The second-order valence-electron chi connectivity index (χ2n) is 6.00. The Labute approximate surface area is 143 Å². The molecule has 0 aromatic heterocycles. The Balaban J connectivity index is 1.75. The first kappa shape index (κ1) is 18.7. The van der Waals surface area contributed by atoms with Gasteiger partial charge in [0.2, 0.25) is 10.0 Å². The van der Waals surface area contributed by atoms with Crippen molar-refractivity contribution in [1.29, 1.82) is 0 Å². The van der Waals surface area contributed by atoms with Crippen molar-refractivity contribution in [1.82, 2.24) is 15.1 Å². The van der Waals surface area contributed by atoms with Crippen LogP contribution in [0.25, 0.3) is 0 Å². The number of nitrogens with two attached hydrogens (primary N) is 1. The number of rotatable bonds is 6. The van der Waals surface area contributed by atoms with Gasteiger partial charge in [0.15, 0.2) is 0 Å². The SMILES string of the molecule is CCCNC(=O)N1CCN(CCc2ccc(S(N)(=O)=O)cc2)CC1. The summed E-state index contributed by atoms with van der Waals surface area (Å²) in [5, 5.41) is 7.99. The van der Waals surface area contributed by atoms with E-state index in [-0.39, 0.29) is 10.9 Å². The Morgan fingerprint density at radius 2 is 1.79 bits per heavy atom. The molecule has 1 aromatic carbocycles. The number of piperazine rings is 1. The molecule has 0 aliphatic carbocycles. The molecule has 0 unspecified atom stereocenters. The summed E-state index contributed by atoms with van der Waals surface area (Å²) in [6.45, 7) is 6.82. The van der Waals surface area contributed by atoms with Gasteiger partial charge in [0.25, 0.3) is 0 Å². The zero-order valence-electron chi connectivity index (χ0n) is 14.1. The number of carbonyl (C=O) groups excluding carboxylic acids is 1. The summed E-state index contributed by atoms with van der Waals surface area (Å²) < 4.78 is 22.5. The number of amides is 2. The minimum Gasteiger partial charge on any atom is -0.338 e. The van der Waals surface area contributed by atoms with E-state index in [9.17, 15) is 13.2 Å². The van der Waals surface area contributed by atoms with Crippen molar-refractivity contribution >= 4 is 16.1 Å². The molecule has 0 radical (unpaired) electrons. The molecule has 1 saturated heterocycles. The Bertz CT molecular complexity index is 638. The van der Waals surface area contributed by atoms with Gasteiger partial charge >= 0.3 is 6.03 Å². The number of benzene rings is 1. The van der Waals surface area contributed by atoms with Crippen LogP contribution in [0.5, 0.6) is 0 Å². The predicted octanol–water partition coefficient (Wildman–Crippen LogP) is 0.614. The number of hydrogen-bond acceptors (Lipinski definition) is 4. The Kier molecular flexibility index (Phi) is 6.59. The number of urea groups is 1. The zero-order chi connectivity index (χ0) is 17.6. The van der Waals surface area contributed by atoms with Crippen LogP contribution in [0.15, 0.2) is 29.2 Å². The second-order valence-corrected chi connectivity index (χ2v) is 7.56. The minimum atomic E-state index is -3.63. The van der Waals surface area contributed by atoms with Gasteiger partial charge in [-0.15, -0.1) is 0 Å². The van der Waals surface area contributed by atoms with Gasteiger partial charge < -0.3 is 10.2 Å². The molecule has 24 heavy (non-hydrogen) atoms. The highest BCUT2D eigenvalue weighted by Gasteiger charge is 2.20. The van der Waals surface area contributed by atoms with E-state index < -0.39 is 10.0 Å². The van der Waals surface area contributed by atoms with E-state index in [0.717, 1.165) is 51.1 Å². The van der Waals surface area contributed by atoms with Crippen LogP contribution in [-0.4, -0.2) is 63.5 Å². The lowest BCUT2D eigenvalue weighted by atomic mass is 10.1. The third kappa shape index (κ3) is 5.47. The zero-order valence-corrected chi connectivity index (χ0v) is 14.9. The Morgan fingerprint density at radius 1 is 1.17 bits per heavy atom. The van der Waals surface area contributed by atoms with Crippen LogP contribution in [0.3, 0.4) is 0 Å². The van der Waals surface area contributed by atoms with Crippen molar-refractivity contribution < 1.29 is 13.2 Å². The fraction of sp³-hybridized carbons (Fsp3) is 0.562. The smallest absolute Gasteiger partial charge is 0.317 e. The highest BCUT2D eigenvalue weighted by atomic mass is 32.2. The van der Waals surface area contributed by atoms with E-state index in [4.69, 9.17) is 5.14 Å². The van der Waals surface area contributed by atoms with E-state index in [2.05, 4.69) is 10.2 Å². The molecule has 8 heteroatoms. The van der Waals surface area contributed by atoms with Crippen LogP contribution >= 0.6 is 0 Å². The number of nitrogens with one attached hydrogen (secondary N) is 1. The van der Waals surface area contributed by atoms with Gasteiger partial charge in [-0.2, -0.15) is 0 Å². The van der Waals surface area contributed by atoms with Crippen molar-refractivity contribution in [2.75, 3.05) is 39.3 Å². The van der Waals surface area contributed by atoms with Crippen molar-refractivity contribution in [3.8, 4) is 0 Å². The van der Waals surface area contributed by atoms with E-state index in [1.165, 1.54) is 0 Å².